The van der Waals surface area contributed by atoms with E-state index in [1.807, 2.05) is 34.7 Å². The summed E-state index contributed by atoms with van der Waals surface area (Å²) in [4.78, 5) is 11.2. The summed E-state index contributed by atoms with van der Waals surface area (Å²) < 4.78 is 1.96. The van der Waals surface area contributed by atoms with Gasteiger partial charge in [0.2, 0.25) is 0 Å². The quantitative estimate of drug-likeness (QED) is 0.528. The van der Waals surface area contributed by atoms with Crippen LogP contribution in [0.2, 0.25) is 0 Å². The van der Waals surface area contributed by atoms with Gasteiger partial charge in [-0.25, -0.2) is 4.79 Å². The topological polar surface area (TPSA) is 41.7 Å². The molecule has 1 aliphatic heterocycles. The smallest absolute Gasteiger partial charge is 0.337 e. The molecule has 0 saturated heterocycles. The molecule has 3 heteroatoms. The number of carbonyl (C=O) groups is 1. The van der Waals surface area contributed by atoms with E-state index in [1.165, 1.54) is 5.39 Å². The summed E-state index contributed by atoms with van der Waals surface area (Å²) in [7, 11) is 0. The van der Waals surface area contributed by atoms with E-state index in [2.05, 4.69) is 18.2 Å². The van der Waals surface area contributed by atoms with E-state index in [1.54, 1.807) is 12.3 Å². The van der Waals surface area contributed by atoms with Gasteiger partial charge >= 0.3 is 5.97 Å². The molecule has 2 aliphatic rings. The van der Waals surface area contributed by atoms with Crippen LogP contribution in [-0.2, 0) is 0 Å². The Hall–Kier alpha value is -2.81. The lowest BCUT2D eigenvalue weighted by Gasteiger charge is -2.14. The molecule has 0 fully saturated rings. The van der Waals surface area contributed by atoms with Crippen LogP contribution >= 0.6 is 0 Å². The van der Waals surface area contributed by atoms with Gasteiger partial charge in [0, 0.05) is 17.1 Å². The molecule has 0 saturated carbocycles. The summed E-state index contributed by atoms with van der Waals surface area (Å²) in [6, 6.07) is 17.8. The van der Waals surface area contributed by atoms with Crippen LogP contribution in [0.1, 0.15) is 10.4 Å². The van der Waals surface area contributed by atoms with Gasteiger partial charge in [0.15, 0.2) is 0 Å². The van der Waals surface area contributed by atoms with E-state index in [4.69, 9.17) is 5.11 Å². The fraction of sp³-hybridized carbons (Fsp3) is 0. The number of carboxylic acid groups (broad SMARTS) is 1. The summed E-state index contributed by atoms with van der Waals surface area (Å²) in [6.07, 6.45) is 1.69. The molecule has 1 aromatic heterocycles. The molecule has 2 heterocycles. The van der Waals surface area contributed by atoms with Crippen molar-refractivity contribution in [2.45, 2.75) is 0 Å². The minimum atomic E-state index is -0.910. The van der Waals surface area contributed by atoms with Crippen LogP contribution in [0.5, 0.6) is 0 Å². The van der Waals surface area contributed by atoms with E-state index >= 15 is 0 Å². The Morgan fingerprint density at radius 2 is 1.70 bits per heavy atom. The van der Waals surface area contributed by atoms with Crippen molar-refractivity contribution in [2.75, 3.05) is 0 Å². The predicted octanol–water partition coefficient (Wildman–Crippen LogP) is 3.90. The fourth-order valence-electron chi connectivity index (χ4n) is 2.84. The van der Waals surface area contributed by atoms with Crippen LogP contribution < -0.4 is 0 Å². The molecule has 3 nitrogen and oxygen atoms in total. The highest BCUT2D eigenvalue weighted by molar-refractivity contribution is 6.06. The summed E-state index contributed by atoms with van der Waals surface area (Å²) in [5.41, 5.74) is 3.48. The molecule has 96 valence electrons. The van der Waals surface area contributed by atoms with Crippen LogP contribution in [0.3, 0.4) is 0 Å². The Balaban J connectivity index is 2.28. The molecule has 0 radical (unpaired) electrons. The number of hydrogen-bond donors (Lipinski definition) is 1. The minimum Gasteiger partial charge on any atom is -0.478 e. The third kappa shape index (κ3) is 1.37. The zero-order valence-electron chi connectivity index (χ0n) is 10.6. The zero-order chi connectivity index (χ0) is 13.7. The van der Waals surface area contributed by atoms with Crippen molar-refractivity contribution in [3.8, 4) is 11.3 Å². The maximum absolute atomic E-state index is 11.2. The maximum atomic E-state index is 11.2. The summed E-state index contributed by atoms with van der Waals surface area (Å²) in [6.45, 7) is 0. The molecule has 1 N–H and O–H groups in total. The van der Waals surface area contributed by atoms with Gasteiger partial charge in [-0.2, -0.15) is 0 Å². The highest BCUT2D eigenvalue weighted by atomic mass is 16.4. The first-order chi connectivity index (χ1) is 9.75. The first-order valence-corrected chi connectivity index (χ1v) is 6.40. The highest BCUT2D eigenvalue weighted by Gasteiger charge is 2.14. The maximum Gasteiger partial charge on any atom is 0.337 e. The van der Waals surface area contributed by atoms with Gasteiger partial charge in [0.25, 0.3) is 0 Å². The van der Waals surface area contributed by atoms with Gasteiger partial charge < -0.3 is 9.51 Å². The Labute approximate surface area is 115 Å². The van der Waals surface area contributed by atoms with Crippen molar-refractivity contribution in [3.05, 3.63) is 66.4 Å². The first-order valence-electron chi connectivity index (χ1n) is 6.40. The second kappa shape index (κ2) is 3.84. The molecule has 1 aliphatic carbocycles. The molecule has 0 unspecified atom stereocenters. The molecule has 0 atom stereocenters. The zero-order valence-corrected chi connectivity index (χ0v) is 10.6. The minimum absolute atomic E-state index is 0.292. The number of nitrogens with zero attached hydrogens (tertiary/aromatic N) is 1. The lowest BCUT2D eigenvalue weighted by Crippen LogP contribution is -2.02. The summed E-state index contributed by atoms with van der Waals surface area (Å²) in [5.74, 6) is -0.910. The van der Waals surface area contributed by atoms with Crippen molar-refractivity contribution in [2.24, 2.45) is 0 Å². The number of fused-ring (bicyclic) bond motifs is 6. The molecule has 0 bridgehead atoms. The Morgan fingerprint density at radius 3 is 2.50 bits per heavy atom. The molecule has 20 heavy (non-hydrogen) atoms. The predicted molar refractivity (Wildman–Crippen MR) is 78.5 cm³/mol. The lowest BCUT2D eigenvalue weighted by atomic mass is 10.0. The van der Waals surface area contributed by atoms with Crippen molar-refractivity contribution in [1.29, 1.82) is 0 Å². The highest BCUT2D eigenvalue weighted by Crippen LogP contribution is 2.34. The van der Waals surface area contributed by atoms with Crippen molar-refractivity contribution in [3.63, 3.8) is 0 Å². The van der Waals surface area contributed by atoms with E-state index < -0.39 is 5.97 Å². The lowest BCUT2D eigenvalue weighted by molar-refractivity contribution is 0.0696. The Bertz CT molecular complexity index is 936. The van der Waals surface area contributed by atoms with Crippen molar-refractivity contribution < 1.29 is 9.90 Å². The van der Waals surface area contributed by atoms with Crippen LogP contribution in [0.25, 0.3) is 27.5 Å². The second-order valence-electron chi connectivity index (χ2n) is 4.85. The van der Waals surface area contributed by atoms with E-state index in [0.717, 1.165) is 22.2 Å². The van der Waals surface area contributed by atoms with E-state index in [9.17, 15) is 4.79 Å². The number of aromatic nitrogens is 1. The van der Waals surface area contributed by atoms with E-state index in [0.29, 0.717) is 5.56 Å². The second-order valence-corrected chi connectivity index (χ2v) is 4.85. The molecule has 4 rings (SSSR count). The standard InChI is InChI=1S/C17H11NO2/c19-17(20)11-8-9-16-13-5-2-1-4-12(13)14-6-3-7-15(14)18(16)10-11/h1-10H,(H,19,20). The van der Waals surface area contributed by atoms with Gasteiger partial charge in [0.1, 0.15) is 0 Å². The number of benzene rings is 1. The number of aromatic carboxylic acids is 1. The van der Waals surface area contributed by atoms with Gasteiger partial charge in [0.05, 0.1) is 16.8 Å². The molecule has 2 aromatic rings. The number of hydrogen-bond acceptors (Lipinski definition) is 1. The Kier molecular flexibility index (Phi) is 2.12. The largest absolute Gasteiger partial charge is 0.478 e. The van der Waals surface area contributed by atoms with Crippen LogP contribution in [0, 0.1) is 0 Å². The number of pyridine rings is 2. The number of rotatable bonds is 1. The average molecular weight is 261 g/mol. The first kappa shape index (κ1) is 11.1. The van der Waals surface area contributed by atoms with Gasteiger partial charge in [-0.3, -0.25) is 0 Å². The van der Waals surface area contributed by atoms with E-state index in [-0.39, 0.29) is 0 Å². The van der Waals surface area contributed by atoms with Crippen LogP contribution in [0.4, 0.5) is 0 Å². The molecule has 1 aromatic carbocycles. The molecule has 0 amide bonds. The van der Waals surface area contributed by atoms with Crippen LogP contribution in [-0.4, -0.2) is 15.5 Å². The third-order valence-electron chi connectivity index (χ3n) is 3.74. The third-order valence-corrected chi connectivity index (χ3v) is 3.74. The van der Waals surface area contributed by atoms with Gasteiger partial charge in [-0.15, -0.1) is 0 Å². The summed E-state index contributed by atoms with van der Waals surface area (Å²) >= 11 is 0. The van der Waals surface area contributed by atoms with Crippen molar-refractivity contribution >= 4 is 22.3 Å². The molecular formula is C17H11NO2. The Morgan fingerprint density at radius 1 is 0.900 bits per heavy atom. The number of carboxylic acids is 1. The normalized spacial score (nSPS) is 11.4. The van der Waals surface area contributed by atoms with Crippen LogP contribution in [0.15, 0.2) is 60.8 Å². The van der Waals surface area contributed by atoms with Gasteiger partial charge in [-0.05, 0) is 23.6 Å². The fourth-order valence-corrected chi connectivity index (χ4v) is 2.84. The summed E-state index contributed by atoms with van der Waals surface area (Å²) in [5, 5.41) is 11.5. The average Bonchev–Trinajstić information content (AvgIpc) is 2.96. The monoisotopic (exact) mass is 261 g/mol. The SMILES string of the molecule is O=C(O)c1ccc2c3ccccc3c3cccc-3n2c1. The molecular weight excluding hydrogens is 250 g/mol. The van der Waals surface area contributed by atoms with Crippen molar-refractivity contribution in [1.82, 2.24) is 4.40 Å². The molecule has 0 spiro atoms. The van der Waals surface area contributed by atoms with Gasteiger partial charge in [-0.1, -0.05) is 36.4 Å².